The zero-order valence-corrected chi connectivity index (χ0v) is 16.0. The lowest BCUT2D eigenvalue weighted by molar-refractivity contribution is 0.0954. The monoisotopic (exact) mass is 411 g/mol. The number of aromatic nitrogens is 3. The number of nitrogens with one attached hydrogen (secondary N) is 3. The van der Waals surface area contributed by atoms with Gasteiger partial charge in [-0.25, -0.2) is 0 Å². The SMILES string of the molecule is O=C(Nc1n[nH]c2sc(C(=O)NCc3ccc(Cl)cc3)cc12)c1ccncc1. The van der Waals surface area contributed by atoms with Crippen LogP contribution in [0, 0.1) is 0 Å². The first-order valence-electron chi connectivity index (χ1n) is 8.32. The van der Waals surface area contributed by atoms with E-state index < -0.39 is 0 Å². The molecule has 28 heavy (non-hydrogen) atoms. The summed E-state index contributed by atoms with van der Waals surface area (Å²) in [5, 5.41) is 13.9. The van der Waals surface area contributed by atoms with E-state index in [4.69, 9.17) is 11.6 Å². The lowest BCUT2D eigenvalue weighted by Crippen LogP contribution is -2.21. The highest BCUT2D eigenvalue weighted by Crippen LogP contribution is 2.29. The van der Waals surface area contributed by atoms with Crippen LogP contribution in [0.2, 0.25) is 5.02 Å². The maximum absolute atomic E-state index is 12.5. The van der Waals surface area contributed by atoms with E-state index in [0.717, 1.165) is 5.56 Å². The number of nitrogens with zero attached hydrogens (tertiary/aromatic N) is 2. The third-order valence-electron chi connectivity index (χ3n) is 4.02. The number of carbonyl (C=O) groups excluding carboxylic acids is 2. The van der Waals surface area contributed by atoms with Crippen LogP contribution in [0.4, 0.5) is 5.82 Å². The molecular weight excluding hydrogens is 398 g/mol. The van der Waals surface area contributed by atoms with Crippen molar-refractivity contribution in [1.82, 2.24) is 20.5 Å². The van der Waals surface area contributed by atoms with Crippen LogP contribution in [0.1, 0.15) is 25.6 Å². The molecule has 0 aliphatic rings. The van der Waals surface area contributed by atoms with Crippen LogP contribution in [0.3, 0.4) is 0 Å². The number of pyridine rings is 1. The molecule has 3 heterocycles. The Hall–Kier alpha value is -3.23. The normalized spacial score (nSPS) is 10.8. The number of rotatable bonds is 5. The summed E-state index contributed by atoms with van der Waals surface area (Å²) in [5.74, 6) is -0.114. The number of benzene rings is 1. The maximum Gasteiger partial charge on any atom is 0.261 e. The van der Waals surface area contributed by atoms with E-state index in [1.54, 1.807) is 42.7 Å². The summed E-state index contributed by atoms with van der Waals surface area (Å²) < 4.78 is 0. The molecule has 0 aliphatic carbocycles. The fourth-order valence-electron chi connectivity index (χ4n) is 2.58. The van der Waals surface area contributed by atoms with Gasteiger partial charge in [0.1, 0.15) is 4.83 Å². The lowest BCUT2D eigenvalue weighted by atomic mass is 10.2. The van der Waals surface area contributed by atoms with Crippen LogP contribution in [-0.2, 0) is 6.54 Å². The van der Waals surface area contributed by atoms with Gasteiger partial charge in [0.25, 0.3) is 11.8 Å². The smallest absolute Gasteiger partial charge is 0.261 e. The average Bonchev–Trinajstić information content (AvgIpc) is 3.30. The van der Waals surface area contributed by atoms with Gasteiger partial charge in [0.05, 0.1) is 10.3 Å². The van der Waals surface area contributed by atoms with Gasteiger partial charge >= 0.3 is 0 Å². The molecule has 7 nitrogen and oxygen atoms in total. The number of thiophene rings is 1. The minimum Gasteiger partial charge on any atom is -0.347 e. The topological polar surface area (TPSA) is 99.8 Å². The summed E-state index contributed by atoms with van der Waals surface area (Å²) in [4.78, 5) is 29.9. The highest BCUT2D eigenvalue weighted by Gasteiger charge is 2.17. The molecule has 4 aromatic rings. The van der Waals surface area contributed by atoms with Crippen molar-refractivity contribution in [2.75, 3.05) is 5.32 Å². The summed E-state index contributed by atoms with van der Waals surface area (Å²) in [6.45, 7) is 0.395. The Morgan fingerprint density at radius 1 is 1.07 bits per heavy atom. The van der Waals surface area contributed by atoms with E-state index in [0.29, 0.717) is 38.0 Å². The molecule has 0 fully saturated rings. The molecule has 4 rings (SSSR count). The van der Waals surface area contributed by atoms with Crippen molar-refractivity contribution in [3.63, 3.8) is 0 Å². The summed E-state index contributed by atoms with van der Waals surface area (Å²) in [6, 6.07) is 12.2. The Kier molecular flexibility index (Phi) is 5.05. The highest BCUT2D eigenvalue weighted by molar-refractivity contribution is 7.20. The van der Waals surface area contributed by atoms with Crippen LogP contribution < -0.4 is 10.6 Å². The second kappa shape index (κ2) is 7.79. The molecule has 0 saturated carbocycles. The summed E-state index contributed by atoms with van der Waals surface area (Å²) in [6.07, 6.45) is 3.09. The van der Waals surface area contributed by atoms with Gasteiger partial charge in [-0.3, -0.25) is 19.7 Å². The summed E-state index contributed by atoms with van der Waals surface area (Å²) in [5.41, 5.74) is 1.43. The van der Waals surface area contributed by atoms with Gasteiger partial charge < -0.3 is 10.6 Å². The molecule has 0 unspecified atom stereocenters. The number of aromatic amines is 1. The van der Waals surface area contributed by atoms with Gasteiger partial charge in [-0.1, -0.05) is 23.7 Å². The second-order valence-corrected chi connectivity index (χ2v) is 7.41. The number of anilines is 1. The Morgan fingerprint density at radius 3 is 2.57 bits per heavy atom. The van der Waals surface area contributed by atoms with Gasteiger partial charge in [-0.15, -0.1) is 11.3 Å². The van der Waals surface area contributed by atoms with Crippen LogP contribution in [0.25, 0.3) is 10.2 Å². The van der Waals surface area contributed by atoms with Crippen LogP contribution >= 0.6 is 22.9 Å². The predicted molar refractivity (Wildman–Crippen MR) is 109 cm³/mol. The Morgan fingerprint density at radius 2 is 1.82 bits per heavy atom. The molecule has 0 aliphatic heterocycles. The van der Waals surface area contributed by atoms with Gasteiger partial charge in [-0.05, 0) is 35.9 Å². The molecule has 3 aromatic heterocycles. The van der Waals surface area contributed by atoms with Crippen molar-refractivity contribution < 1.29 is 9.59 Å². The lowest BCUT2D eigenvalue weighted by Gasteiger charge is -2.04. The number of fused-ring (bicyclic) bond motifs is 1. The standard InChI is InChI=1S/C19H14ClN5O2S/c20-13-3-1-11(2-4-13)10-22-18(27)15-9-14-16(24-25-19(14)28-15)23-17(26)12-5-7-21-8-6-12/h1-9H,10H2,(H,22,27)(H2,23,24,25,26). The molecule has 0 bridgehead atoms. The fourth-order valence-corrected chi connectivity index (χ4v) is 3.62. The van der Waals surface area contributed by atoms with Gasteiger partial charge in [0, 0.05) is 29.5 Å². The third kappa shape index (κ3) is 3.88. The summed E-state index contributed by atoms with van der Waals surface area (Å²) in [7, 11) is 0. The van der Waals surface area contributed by atoms with Gasteiger partial charge in [0.2, 0.25) is 0 Å². The maximum atomic E-state index is 12.5. The fraction of sp³-hybridized carbons (Fsp3) is 0.0526. The molecule has 0 spiro atoms. The molecular formula is C19H14ClN5O2S. The number of amides is 2. The molecule has 0 saturated heterocycles. The third-order valence-corrected chi connectivity index (χ3v) is 5.31. The number of H-pyrrole nitrogens is 1. The molecule has 1 aromatic carbocycles. The van der Waals surface area contributed by atoms with Crippen LogP contribution in [0.15, 0.2) is 54.9 Å². The summed E-state index contributed by atoms with van der Waals surface area (Å²) >= 11 is 7.14. The molecule has 3 N–H and O–H groups in total. The van der Waals surface area contributed by atoms with Crippen molar-refractivity contribution in [2.45, 2.75) is 6.54 Å². The van der Waals surface area contributed by atoms with Crippen molar-refractivity contribution in [1.29, 1.82) is 0 Å². The van der Waals surface area contributed by atoms with Gasteiger partial charge in [-0.2, -0.15) is 5.10 Å². The Bertz CT molecular complexity index is 1140. The van der Waals surface area contributed by atoms with Gasteiger partial charge in [0.15, 0.2) is 5.82 Å². The van der Waals surface area contributed by atoms with Crippen molar-refractivity contribution in [3.8, 4) is 0 Å². The average molecular weight is 412 g/mol. The predicted octanol–water partition coefficient (Wildman–Crippen LogP) is 3.86. The number of halogens is 1. The van der Waals surface area contributed by atoms with Crippen LogP contribution in [0.5, 0.6) is 0 Å². The largest absolute Gasteiger partial charge is 0.347 e. The van der Waals surface area contributed by atoms with Crippen molar-refractivity contribution in [2.24, 2.45) is 0 Å². The first kappa shape index (κ1) is 18.1. The minimum absolute atomic E-state index is 0.198. The second-order valence-electron chi connectivity index (χ2n) is 5.92. The number of hydrogen-bond acceptors (Lipinski definition) is 5. The van der Waals surface area contributed by atoms with Crippen molar-refractivity contribution >= 4 is 50.8 Å². The molecule has 2 amide bonds. The number of carbonyl (C=O) groups is 2. The Balaban J connectivity index is 1.47. The van der Waals surface area contributed by atoms with E-state index in [9.17, 15) is 9.59 Å². The molecule has 0 radical (unpaired) electrons. The zero-order valence-electron chi connectivity index (χ0n) is 14.4. The van der Waals surface area contributed by atoms with E-state index in [2.05, 4.69) is 25.8 Å². The first-order valence-corrected chi connectivity index (χ1v) is 9.51. The first-order chi connectivity index (χ1) is 13.6. The molecule has 9 heteroatoms. The number of hydrogen-bond donors (Lipinski definition) is 3. The van der Waals surface area contributed by atoms with E-state index in [1.165, 1.54) is 11.3 Å². The molecule has 0 atom stereocenters. The quantitative estimate of drug-likeness (QED) is 0.464. The minimum atomic E-state index is -0.296. The highest BCUT2D eigenvalue weighted by atomic mass is 35.5. The Labute approximate surface area is 168 Å². The van der Waals surface area contributed by atoms with Crippen molar-refractivity contribution in [3.05, 3.63) is 75.9 Å². The van der Waals surface area contributed by atoms with E-state index in [-0.39, 0.29) is 11.8 Å². The van der Waals surface area contributed by atoms with E-state index in [1.807, 2.05) is 12.1 Å². The zero-order chi connectivity index (χ0) is 19.5. The van der Waals surface area contributed by atoms with Crippen LogP contribution in [-0.4, -0.2) is 27.0 Å². The van der Waals surface area contributed by atoms with E-state index >= 15 is 0 Å². The molecule has 140 valence electrons.